The highest BCUT2D eigenvalue weighted by Crippen LogP contribution is 2.63. The Labute approximate surface area is 216 Å². The first-order chi connectivity index (χ1) is 17.4. The van der Waals surface area contributed by atoms with Gasteiger partial charge in [-0.15, -0.1) is 12.3 Å². The molecule has 5 atom stereocenters. The van der Waals surface area contributed by atoms with Gasteiger partial charge in [0.15, 0.2) is 5.78 Å². The maximum atomic E-state index is 12.2. The van der Waals surface area contributed by atoms with E-state index >= 15 is 0 Å². The molecule has 2 saturated carbocycles. The molecule has 4 heteroatoms. The number of terminal acetylenes is 1. The summed E-state index contributed by atoms with van der Waals surface area (Å²) < 4.78 is 5.56. The number of fused-ring (bicyclic) bond motifs is 4. The van der Waals surface area contributed by atoms with Crippen LogP contribution in [0.25, 0.3) is 0 Å². The number of aliphatic hydroxyl groups excluding tert-OH is 1. The Balaban J connectivity index is 0.000000848. The number of carbonyl (C=O) groups excluding carboxylic acids is 1. The number of nitrogens with zero attached hydrogens (tertiary/aromatic N) is 1. The summed E-state index contributed by atoms with van der Waals surface area (Å²) in [6.07, 6.45) is 13.2. The number of hydrogen-bond acceptors (Lipinski definition) is 4. The minimum absolute atomic E-state index is 0.0120. The highest BCUT2D eigenvalue weighted by Gasteiger charge is 2.56. The van der Waals surface area contributed by atoms with Crippen molar-refractivity contribution in [3.63, 3.8) is 0 Å². The van der Waals surface area contributed by atoms with Crippen molar-refractivity contribution in [1.82, 2.24) is 0 Å². The third-order valence-corrected chi connectivity index (χ3v) is 9.66. The molecule has 1 saturated heterocycles. The number of aliphatic hydroxyl groups is 1. The summed E-state index contributed by atoms with van der Waals surface area (Å²) in [5, 5.41) is 11.1. The maximum Gasteiger partial charge on any atom is 0.156 e. The molecule has 1 N–H and O–H groups in total. The van der Waals surface area contributed by atoms with Gasteiger partial charge in [-0.25, -0.2) is 0 Å². The first kappa shape index (κ1) is 25.3. The molecular weight excluding hydrogens is 446 g/mol. The van der Waals surface area contributed by atoms with E-state index in [1.165, 1.54) is 28.0 Å². The van der Waals surface area contributed by atoms with Gasteiger partial charge < -0.3 is 14.7 Å². The summed E-state index contributed by atoms with van der Waals surface area (Å²) >= 11 is 0. The van der Waals surface area contributed by atoms with Crippen molar-refractivity contribution in [2.45, 2.75) is 77.7 Å². The van der Waals surface area contributed by atoms with Crippen LogP contribution in [0.4, 0.5) is 5.69 Å². The van der Waals surface area contributed by atoms with Crippen LogP contribution in [0.5, 0.6) is 0 Å². The number of anilines is 1. The smallest absolute Gasteiger partial charge is 0.156 e. The van der Waals surface area contributed by atoms with Crippen LogP contribution in [0.3, 0.4) is 0 Å². The Morgan fingerprint density at radius 1 is 1.14 bits per heavy atom. The minimum Gasteiger partial charge on any atom is -0.393 e. The maximum absolute atomic E-state index is 12.2. The van der Waals surface area contributed by atoms with Gasteiger partial charge in [0.2, 0.25) is 0 Å². The van der Waals surface area contributed by atoms with E-state index < -0.39 is 0 Å². The number of carbonyl (C=O) groups is 1. The Morgan fingerprint density at radius 2 is 1.89 bits per heavy atom. The number of allylic oxidation sites excluding steroid dienone is 4. The number of morpholine rings is 1. The third kappa shape index (κ3) is 4.35. The summed E-state index contributed by atoms with van der Waals surface area (Å²) in [6, 6.07) is 7.08. The molecule has 192 valence electrons. The average molecular weight is 488 g/mol. The summed E-state index contributed by atoms with van der Waals surface area (Å²) in [5.74, 6) is 4.00. The van der Waals surface area contributed by atoms with Gasteiger partial charge in [0.25, 0.3) is 0 Å². The van der Waals surface area contributed by atoms with Gasteiger partial charge in [0.1, 0.15) is 0 Å². The van der Waals surface area contributed by atoms with Crippen LogP contribution in [-0.2, 0) is 9.53 Å². The Hall–Kier alpha value is -2.35. The van der Waals surface area contributed by atoms with Gasteiger partial charge >= 0.3 is 0 Å². The predicted octanol–water partition coefficient (Wildman–Crippen LogP) is 5.73. The molecule has 6 rings (SSSR count). The van der Waals surface area contributed by atoms with E-state index in [2.05, 4.69) is 49.3 Å². The summed E-state index contributed by atoms with van der Waals surface area (Å²) in [6.45, 7) is 9.76. The molecule has 3 fully saturated rings. The molecule has 0 spiro atoms. The van der Waals surface area contributed by atoms with Crippen molar-refractivity contribution in [2.75, 3.05) is 31.2 Å². The van der Waals surface area contributed by atoms with E-state index in [9.17, 15) is 9.90 Å². The quantitative estimate of drug-likeness (QED) is 0.541. The van der Waals surface area contributed by atoms with Crippen LogP contribution >= 0.6 is 0 Å². The van der Waals surface area contributed by atoms with Crippen LogP contribution in [-0.4, -0.2) is 43.3 Å². The monoisotopic (exact) mass is 487 g/mol. The van der Waals surface area contributed by atoms with Gasteiger partial charge in [-0.3, -0.25) is 4.79 Å². The van der Waals surface area contributed by atoms with Crippen molar-refractivity contribution in [2.24, 2.45) is 17.3 Å². The SMILES string of the molecule is C#CC.Cc1cc(C2CC3(C)C(O)CCC3C3CCC4=CC(=O)CCC4=C23)ccc1N1CCOCC1. The Morgan fingerprint density at radius 3 is 2.61 bits per heavy atom. The number of ether oxygens (including phenoxy) is 1. The van der Waals surface area contributed by atoms with Crippen molar-refractivity contribution in [1.29, 1.82) is 0 Å². The van der Waals surface area contributed by atoms with Gasteiger partial charge in [0, 0.05) is 31.1 Å². The Bertz CT molecular complexity index is 1120. The molecule has 0 aromatic heterocycles. The second-order valence-electron chi connectivity index (χ2n) is 11.6. The number of ketones is 1. The number of benzene rings is 1. The normalized spacial score (nSPS) is 33.5. The number of rotatable bonds is 2. The van der Waals surface area contributed by atoms with E-state index in [4.69, 9.17) is 4.74 Å². The molecule has 1 aromatic rings. The lowest BCUT2D eigenvalue weighted by Crippen LogP contribution is -2.45. The van der Waals surface area contributed by atoms with Crippen LogP contribution in [0, 0.1) is 36.5 Å². The van der Waals surface area contributed by atoms with Crippen molar-refractivity contribution in [3.8, 4) is 12.3 Å². The lowest BCUT2D eigenvalue weighted by molar-refractivity contribution is -0.114. The zero-order valence-corrected chi connectivity index (χ0v) is 22.2. The second-order valence-corrected chi connectivity index (χ2v) is 11.6. The fourth-order valence-corrected chi connectivity index (χ4v) is 7.99. The molecule has 36 heavy (non-hydrogen) atoms. The molecule has 5 unspecified atom stereocenters. The van der Waals surface area contributed by atoms with Gasteiger partial charge in [-0.2, -0.15) is 0 Å². The lowest BCUT2D eigenvalue weighted by atomic mass is 9.53. The molecule has 5 aliphatic rings. The van der Waals surface area contributed by atoms with Crippen LogP contribution in [0.2, 0.25) is 0 Å². The molecule has 0 amide bonds. The average Bonchev–Trinajstić information content (AvgIpc) is 3.18. The van der Waals surface area contributed by atoms with E-state index in [-0.39, 0.29) is 11.5 Å². The number of hydrogen-bond donors (Lipinski definition) is 1. The molecular formula is C32H41NO3. The van der Waals surface area contributed by atoms with Crippen LogP contribution in [0.15, 0.2) is 41.0 Å². The summed E-state index contributed by atoms with van der Waals surface area (Å²) in [5.41, 5.74) is 8.47. The van der Waals surface area contributed by atoms with E-state index in [1.54, 1.807) is 12.5 Å². The molecule has 1 heterocycles. The molecule has 0 radical (unpaired) electrons. The zero-order valence-electron chi connectivity index (χ0n) is 22.2. The largest absolute Gasteiger partial charge is 0.393 e. The predicted molar refractivity (Wildman–Crippen MR) is 145 cm³/mol. The highest BCUT2D eigenvalue weighted by molar-refractivity contribution is 5.93. The fraction of sp³-hybridized carbons (Fsp3) is 0.594. The number of aryl methyl sites for hydroxylation is 1. The second kappa shape index (κ2) is 10.2. The Kier molecular flexibility index (Phi) is 7.16. The standard InChI is InChI=1S/C29H37NO3.C3H4/c1-18-15-19(4-9-26(18)30-11-13-33-14-12-30)24-17-29(2)25(8-10-27(29)32)23-6-3-20-16-21(31)5-7-22(20)28(23)24;1-3-2/h4,9,15-16,23-25,27,32H,3,5-8,10-14,17H2,1-2H3;1H,2H3. The summed E-state index contributed by atoms with van der Waals surface area (Å²) in [7, 11) is 0. The first-order valence-corrected chi connectivity index (χ1v) is 13.8. The van der Waals surface area contributed by atoms with E-state index in [0.29, 0.717) is 30.0 Å². The third-order valence-electron chi connectivity index (χ3n) is 9.66. The van der Waals surface area contributed by atoms with Crippen molar-refractivity contribution >= 4 is 11.5 Å². The zero-order chi connectivity index (χ0) is 25.4. The van der Waals surface area contributed by atoms with Gasteiger partial charge in [-0.1, -0.05) is 24.6 Å². The topological polar surface area (TPSA) is 49.8 Å². The van der Waals surface area contributed by atoms with Gasteiger partial charge in [0.05, 0.1) is 19.3 Å². The molecule has 4 aliphatic carbocycles. The molecule has 4 nitrogen and oxygen atoms in total. The van der Waals surface area contributed by atoms with Gasteiger partial charge in [-0.05, 0) is 104 Å². The fourth-order valence-electron chi connectivity index (χ4n) is 7.99. The van der Waals surface area contributed by atoms with Crippen LogP contribution < -0.4 is 4.90 Å². The molecule has 0 bridgehead atoms. The van der Waals surface area contributed by atoms with E-state index in [0.717, 1.165) is 64.8 Å². The van der Waals surface area contributed by atoms with Crippen LogP contribution in [0.1, 0.15) is 75.8 Å². The summed E-state index contributed by atoms with van der Waals surface area (Å²) in [4.78, 5) is 14.6. The molecule has 1 aromatic carbocycles. The highest BCUT2D eigenvalue weighted by atomic mass is 16.5. The van der Waals surface area contributed by atoms with Crippen molar-refractivity contribution < 1.29 is 14.6 Å². The van der Waals surface area contributed by atoms with E-state index in [1.807, 2.05) is 6.08 Å². The molecule has 1 aliphatic heterocycles. The minimum atomic E-state index is -0.199. The lowest BCUT2D eigenvalue weighted by Gasteiger charge is -2.52. The first-order valence-electron chi connectivity index (χ1n) is 13.8. The van der Waals surface area contributed by atoms with Crippen molar-refractivity contribution in [3.05, 3.63) is 52.1 Å².